The summed E-state index contributed by atoms with van der Waals surface area (Å²) in [5, 5.41) is 23.0. The molecule has 14 heteroatoms. The standard InChI is InChI=1S/C15H21NO6.C14H18FNO5/c1-15(2,3)22-14(19)16-12(13(17)18)9-6-7-10(20-4)11(8-9)21-5;1-14(2,3)21-13(19)16-11(12(17)18)8-5-6-10(20-4)9(15)7-8/h6-8,12H,1-5H3,(H,16,19)(H,17,18);5-7,11H,1-4H3,(H,16,19)(H,17,18). The normalized spacial score (nSPS) is 12.3. The Bertz CT molecular complexity index is 1290. The van der Waals surface area contributed by atoms with E-state index in [9.17, 15) is 28.7 Å². The Morgan fingerprint density at radius 1 is 0.651 bits per heavy atom. The SMILES string of the molecule is COc1ccc(C(NC(=O)OC(C)(C)C)C(=O)O)cc1F.COc1ccc(C(NC(=O)OC(C)(C)C)C(=O)O)cc1OC. The van der Waals surface area contributed by atoms with Crippen LogP contribution in [-0.4, -0.2) is 66.9 Å². The predicted octanol–water partition coefficient (Wildman–Crippen LogP) is 4.84. The molecule has 2 rings (SSSR count). The summed E-state index contributed by atoms with van der Waals surface area (Å²) in [4.78, 5) is 46.1. The molecular formula is C29H39FN2O11. The molecular weight excluding hydrogens is 571 g/mol. The maximum absolute atomic E-state index is 13.6. The van der Waals surface area contributed by atoms with Gasteiger partial charge < -0.3 is 44.5 Å². The van der Waals surface area contributed by atoms with Crippen molar-refractivity contribution in [3.8, 4) is 17.2 Å². The summed E-state index contributed by atoms with van der Waals surface area (Å²) in [5.74, 6) is -2.43. The van der Waals surface area contributed by atoms with Crippen molar-refractivity contribution in [1.29, 1.82) is 0 Å². The predicted molar refractivity (Wildman–Crippen MR) is 152 cm³/mol. The largest absolute Gasteiger partial charge is 0.494 e. The molecule has 0 heterocycles. The summed E-state index contributed by atoms with van der Waals surface area (Å²) in [6.07, 6.45) is -1.71. The van der Waals surface area contributed by atoms with Gasteiger partial charge in [0.05, 0.1) is 21.3 Å². The van der Waals surface area contributed by atoms with Crippen molar-refractivity contribution in [1.82, 2.24) is 10.6 Å². The maximum Gasteiger partial charge on any atom is 0.408 e. The topological polar surface area (TPSA) is 179 Å². The van der Waals surface area contributed by atoms with Crippen LogP contribution in [0.15, 0.2) is 36.4 Å². The van der Waals surface area contributed by atoms with Gasteiger partial charge >= 0.3 is 24.1 Å². The summed E-state index contributed by atoms with van der Waals surface area (Å²) in [6, 6.07) is 5.58. The van der Waals surface area contributed by atoms with E-state index in [1.165, 1.54) is 45.6 Å². The molecule has 238 valence electrons. The zero-order valence-corrected chi connectivity index (χ0v) is 25.6. The summed E-state index contributed by atoms with van der Waals surface area (Å²) in [5.41, 5.74) is -1.06. The molecule has 0 aliphatic heterocycles. The number of aliphatic carboxylic acids is 2. The lowest BCUT2D eigenvalue weighted by Gasteiger charge is -2.22. The van der Waals surface area contributed by atoms with Crippen molar-refractivity contribution in [2.75, 3.05) is 21.3 Å². The molecule has 43 heavy (non-hydrogen) atoms. The van der Waals surface area contributed by atoms with Crippen LogP contribution in [0.5, 0.6) is 17.2 Å². The fourth-order valence-electron chi connectivity index (χ4n) is 3.32. The third kappa shape index (κ3) is 12.3. The Kier molecular flexibility index (Phi) is 13.1. The van der Waals surface area contributed by atoms with Crippen LogP contribution < -0.4 is 24.8 Å². The number of carboxylic acids is 2. The lowest BCUT2D eigenvalue weighted by molar-refractivity contribution is -0.140. The van der Waals surface area contributed by atoms with Crippen LogP contribution in [-0.2, 0) is 19.1 Å². The highest BCUT2D eigenvalue weighted by molar-refractivity contribution is 5.82. The number of carbonyl (C=O) groups excluding carboxylic acids is 2. The highest BCUT2D eigenvalue weighted by Gasteiger charge is 2.27. The maximum atomic E-state index is 13.6. The number of hydrogen-bond donors (Lipinski definition) is 4. The smallest absolute Gasteiger partial charge is 0.408 e. The molecule has 4 N–H and O–H groups in total. The van der Waals surface area contributed by atoms with E-state index >= 15 is 0 Å². The van der Waals surface area contributed by atoms with Gasteiger partial charge in [-0.2, -0.15) is 0 Å². The summed E-state index contributed by atoms with van der Waals surface area (Å²) in [6.45, 7) is 10.0. The molecule has 2 aromatic carbocycles. The molecule has 0 saturated heterocycles. The quantitative estimate of drug-likeness (QED) is 0.305. The van der Waals surface area contributed by atoms with Crippen LogP contribution in [0.2, 0.25) is 0 Å². The second-order valence-corrected chi connectivity index (χ2v) is 10.8. The first-order valence-electron chi connectivity index (χ1n) is 12.8. The van der Waals surface area contributed by atoms with Crippen LogP contribution in [0.25, 0.3) is 0 Å². The Morgan fingerprint density at radius 2 is 1.02 bits per heavy atom. The van der Waals surface area contributed by atoms with Crippen molar-refractivity contribution in [2.24, 2.45) is 0 Å². The van der Waals surface area contributed by atoms with Gasteiger partial charge in [-0.1, -0.05) is 12.1 Å². The van der Waals surface area contributed by atoms with E-state index < -0.39 is 53.2 Å². The highest BCUT2D eigenvalue weighted by atomic mass is 19.1. The first kappa shape index (κ1) is 36.3. The van der Waals surface area contributed by atoms with Gasteiger partial charge in [0, 0.05) is 0 Å². The Labute approximate surface area is 249 Å². The second-order valence-electron chi connectivity index (χ2n) is 10.8. The Hall–Kier alpha value is -4.75. The Morgan fingerprint density at radius 3 is 1.35 bits per heavy atom. The molecule has 0 bridgehead atoms. The van der Waals surface area contributed by atoms with Gasteiger partial charge in [-0.3, -0.25) is 0 Å². The lowest BCUT2D eigenvalue weighted by Crippen LogP contribution is -2.38. The summed E-state index contributed by atoms with van der Waals surface area (Å²) >= 11 is 0. The number of nitrogens with one attached hydrogen (secondary N) is 2. The minimum atomic E-state index is -1.42. The number of carbonyl (C=O) groups is 4. The van der Waals surface area contributed by atoms with Crippen LogP contribution >= 0.6 is 0 Å². The second kappa shape index (κ2) is 15.5. The van der Waals surface area contributed by atoms with E-state index in [-0.39, 0.29) is 11.3 Å². The van der Waals surface area contributed by atoms with E-state index in [2.05, 4.69) is 10.6 Å². The molecule has 0 aromatic heterocycles. The van der Waals surface area contributed by atoms with Crippen molar-refractivity contribution in [3.63, 3.8) is 0 Å². The van der Waals surface area contributed by atoms with E-state index in [0.29, 0.717) is 17.1 Å². The molecule has 13 nitrogen and oxygen atoms in total. The molecule has 0 radical (unpaired) electrons. The fraction of sp³-hybridized carbons (Fsp3) is 0.448. The lowest BCUT2D eigenvalue weighted by atomic mass is 10.1. The molecule has 0 aliphatic carbocycles. The van der Waals surface area contributed by atoms with E-state index in [0.717, 1.165) is 6.07 Å². The van der Waals surface area contributed by atoms with Crippen LogP contribution in [0.3, 0.4) is 0 Å². The number of methoxy groups -OCH3 is 3. The van der Waals surface area contributed by atoms with Crippen molar-refractivity contribution in [3.05, 3.63) is 53.3 Å². The number of carboxylic acid groups (broad SMARTS) is 2. The van der Waals surface area contributed by atoms with Gasteiger partial charge in [0.15, 0.2) is 35.1 Å². The molecule has 0 fully saturated rings. The molecule has 0 spiro atoms. The van der Waals surface area contributed by atoms with Gasteiger partial charge in [0.2, 0.25) is 0 Å². The molecule has 2 aromatic rings. The van der Waals surface area contributed by atoms with Crippen molar-refractivity contribution < 1.29 is 57.5 Å². The molecule has 2 unspecified atom stereocenters. The van der Waals surface area contributed by atoms with Crippen molar-refractivity contribution in [2.45, 2.75) is 64.8 Å². The van der Waals surface area contributed by atoms with Gasteiger partial charge in [0.25, 0.3) is 0 Å². The molecule has 0 saturated carbocycles. The van der Waals surface area contributed by atoms with Gasteiger partial charge in [-0.15, -0.1) is 0 Å². The van der Waals surface area contributed by atoms with Crippen LogP contribution in [0.1, 0.15) is 64.8 Å². The average Bonchev–Trinajstić information content (AvgIpc) is 2.88. The monoisotopic (exact) mass is 610 g/mol. The number of benzene rings is 2. The number of ether oxygens (including phenoxy) is 5. The number of amides is 2. The zero-order valence-electron chi connectivity index (χ0n) is 25.6. The van der Waals surface area contributed by atoms with Gasteiger partial charge in [0.1, 0.15) is 11.2 Å². The third-order valence-corrected chi connectivity index (χ3v) is 5.07. The molecule has 2 amide bonds. The first-order valence-corrected chi connectivity index (χ1v) is 12.8. The minimum absolute atomic E-state index is 0.0137. The van der Waals surface area contributed by atoms with E-state index in [1.807, 2.05) is 0 Å². The summed E-state index contributed by atoms with van der Waals surface area (Å²) in [7, 11) is 4.22. The summed E-state index contributed by atoms with van der Waals surface area (Å²) < 4.78 is 38.7. The molecule has 2 atom stereocenters. The van der Waals surface area contributed by atoms with Gasteiger partial charge in [-0.25, -0.2) is 23.6 Å². The highest BCUT2D eigenvalue weighted by Crippen LogP contribution is 2.30. The van der Waals surface area contributed by atoms with Gasteiger partial charge in [-0.05, 0) is 76.9 Å². The number of halogens is 1. The first-order chi connectivity index (χ1) is 19.8. The number of alkyl carbamates (subject to hydrolysis) is 2. The fourth-order valence-corrected chi connectivity index (χ4v) is 3.32. The number of rotatable bonds is 9. The van der Waals surface area contributed by atoms with Crippen LogP contribution in [0, 0.1) is 5.82 Å². The van der Waals surface area contributed by atoms with E-state index in [1.54, 1.807) is 47.6 Å². The van der Waals surface area contributed by atoms with Crippen LogP contribution in [0.4, 0.5) is 14.0 Å². The Balaban J connectivity index is 0.000000430. The average molecular weight is 611 g/mol. The van der Waals surface area contributed by atoms with Crippen molar-refractivity contribution >= 4 is 24.1 Å². The molecule has 0 aliphatic rings. The third-order valence-electron chi connectivity index (χ3n) is 5.07. The zero-order chi connectivity index (χ0) is 33.1. The van der Waals surface area contributed by atoms with E-state index in [4.69, 9.17) is 28.8 Å². The number of hydrogen-bond acceptors (Lipinski definition) is 9. The minimum Gasteiger partial charge on any atom is -0.494 e.